The van der Waals surface area contributed by atoms with Crippen LogP contribution in [0.2, 0.25) is 0 Å². The smallest absolute Gasteiger partial charge is 0.270 e. The minimum atomic E-state index is -0.212. The normalized spacial score (nSPS) is 9.89. The maximum atomic E-state index is 11.8. The lowest BCUT2D eigenvalue weighted by Gasteiger charge is -2.11. The Balaban J connectivity index is 2.60. The lowest BCUT2D eigenvalue weighted by atomic mass is 10.0. The van der Waals surface area contributed by atoms with E-state index in [1.165, 1.54) is 0 Å². The number of para-hydroxylation sites is 1. The van der Waals surface area contributed by atoms with Crippen molar-refractivity contribution < 1.29 is 9.53 Å². The zero-order valence-electron chi connectivity index (χ0n) is 10.3. The number of carbonyl (C=O) groups is 1. The van der Waals surface area contributed by atoms with E-state index in [4.69, 9.17) is 4.74 Å². The molecule has 0 bridgehead atoms. The van der Waals surface area contributed by atoms with E-state index in [9.17, 15) is 4.79 Å². The van der Waals surface area contributed by atoms with Crippen molar-refractivity contribution in [2.24, 2.45) is 0 Å². The number of rotatable bonds is 3. The van der Waals surface area contributed by atoms with E-state index in [0.717, 1.165) is 16.9 Å². The molecule has 0 radical (unpaired) electrons. The van der Waals surface area contributed by atoms with Crippen LogP contribution in [-0.2, 0) is 0 Å². The number of benzene rings is 1. The fourth-order valence-corrected chi connectivity index (χ4v) is 1.79. The summed E-state index contributed by atoms with van der Waals surface area (Å²) in [6, 6.07) is 11.2. The average Bonchev–Trinajstić information content (AvgIpc) is 2.46. The van der Waals surface area contributed by atoms with Crippen LogP contribution in [0.4, 0.5) is 0 Å². The number of carbonyl (C=O) groups excluding carboxylic acids is 1. The molecule has 4 heteroatoms. The molecule has 92 valence electrons. The van der Waals surface area contributed by atoms with Crippen LogP contribution < -0.4 is 10.1 Å². The highest BCUT2D eigenvalue weighted by molar-refractivity contribution is 5.99. The van der Waals surface area contributed by atoms with E-state index in [0.29, 0.717) is 5.69 Å². The van der Waals surface area contributed by atoms with Gasteiger partial charge in [-0.15, -0.1) is 0 Å². The first-order valence-corrected chi connectivity index (χ1v) is 5.58. The predicted octanol–water partition coefficient (Wildman–Crippen LogP) is 2.12. The third-order valence-electron chi connectivity index (χ3n) is 2.65. The molecule has 0 saturated heterocycles. The molecule has 1 aromatic heterocycles. The fourth-order valence-electron chi connectivity index (χ4n) is 1.79. The van der Waals surface area contributed by atoms with E-state index in [1.54, 1.807) is 26.4 Å². The van der Waals surface area contributed by atoms with Crippen LogP contribution in [-0.4, -0.2) is 25.0 Å². The van der Waals surface area contributed by atoms with Crippen LogP contribution in [0, 0.1) is 0 Å². The second-order valence-corrected chi connectivity index (χ2v) is 3.68. The Labute approximate surface area is 106 Å². The van der Waals surface area contributed by atoms with Gasteiger partial charge < -0.3 is 10.1 Å². The number of aromatic nitrogens is 1. The van der Waals surface area contributed by atoms with Gasteiger partial charge in [0.1, 0.15) is 11.4 Å². The van der Waals surface area contributed by atoms with Gasteiger partial charge in [0.25, 0.3) is 5.91 Å². The number of methoxy groups -OCH3 is 1. The Hall–Kier alpha value is -2.36. The molecule has 1 amide bonds. The molecule has 2 rings (SSSR count). The molecule has 2 aromatic rings. The van der Waals surface area contributed by atoms with Crippen molar-refractivity contribution in [3.63, 3.8) is 0 Å². The van der Waals surface area contributed by atoms with Crippen LogP contribution in [0.15, 0.2) is 42.6 Å². The summed E-state index contributed by atoms with van der Waals surface area (Å²) >= 11 is 0. The average molecular weight is 242 g/mol. The maximum absolute atomic E-state index is 11.8. The van der Waals surface area contributed by atoms with Gasteiger partial charge in [-0.3, -0.25) is 9.78 Å². The number of nitrogens with one attached hydrogen (secondary N) is 1. The van der Waals surface area contributed by atoms with Gasteiger partial charge in [-0.25, -0.2) is 0 Å². The van der Waals surface area contributed by atoms with Crippen molar-refractivity contribution in [3.05, 3.63) is 48.3 Å². The Morgan fingerprint density at radius 1 is 1.17 bits per heavy atom. The molecule has 4 nitrogen and oxygen atoms in total. The van der Waals surface area contributed by atoms with Crippen molar-refractivity contribution in [2.75, 3.05) is 14.2 Å². The number of hydrogen-bond acceptors (Lipinski definition) is 3. The standard InChI is InChI=1S/C14H14N2O2/c1-15-14(17)13-11(7-5-9-16-13)10-6-3-4-8-12(10)18-2/h3-9H,1-2H3,(H,15,17). The van der Waals surface area contributed by atoms with Crippen LogP contribution in [0.5, 0.6) is 5.75 Å². The number of amides is 1. The Morgan fingerprint density at radius 3 is 2.61 bits per heavy atom. The van der Waals surface area contributed by atoms with Crippen LogP contribution in [0.3, 0.4) is 0 Å². The highest BCUT2D eigenvalue weighted by atomic mass is 16.5. The number of pyridine rings is 1. The van der Waals surface area contributed by atoms with Gasteiger partial charge in [0.2, 0.25) is 0 Å². The summed E-state index contributed by atoms with van der Waals surface area (Å²) in [5.41, 5.74) is 2.01. The summed E-state index contributed by atoms with van der Waals surface area (Å²) in [5.74, 6) is 0.507. The zero-order valence-corrected chi connectivity index (χ0v) is 10.3. The summed E-state index contributed by atoms with van der Waals surface area (Å²) in [5, 5.41) is 2.59. The molecule has 1 N–H and O–H groups in total. The molecule has 0 spiro atoms. The van der Waals surface area contributed by atoms with Gasteiger partial charge in [0.05, 0.1) is 7.11 Å². The summed E-state index contributed by atoms with van der Waals surface area (Å²) in [6.45, 7) is 0. The summed E-state index contributed by atoms with van der Waals surface area (Å²) in [4.78, 5) is 15.9. The Morgan fingerprint density at radius 2 is 1.89 bits per heavy atom. The van der Waals surface area contributed by atoms with Crippen LogP contribution >= 0.6 is 0 Å². The van der Waals surface area contributed by atoms with Crippen molar-refractivity contribution in [2.45, 2.75) is 0 Å². The second-order valence-electron chi connectivity index (χ2n) is 3.68. The summed E-state index contributed by atoms with van der Waals surface area (Å²) < 4.78 is 5.31. The molecular formula is C14H14N2O2. The minimum absolute atomic E-state index is 0.212. The molecule has 0 unspecified atom stereocenters. The molecule has 0 aliphatic rings. The molecule has 0 saturated carbocycles. The second kappa shape index (κ2) is 5.31. The van der Waals surface area contributed by atoms with Gasteiger partial charge in [-0.1, -0.05) is 24.3 Å². The van der Waals surface area contributed by atoms with E-state index in [2.05, 4.69) is 10.3 Å². The van der Waals surface area contributed by atoms with E-state index >= 15 is 0 Å². The van der Waals surface area contributed by atoms with E-state index in [1.807, 2.05) is 30.3 Å². The third-order valence-corrected chi connectivity index (χ3v) is 2.65. The molecule has 0 atom stereocenters. The van der Waals surface area contributed by atoms with Gasteiger partial charge in [0.15, 0.2) is 0 Å². The highest BCUT2D eigenvalue weighted by Gasteiger charge is 2.15. The van der Waals surface area contributed by atoms with Gasteiger partial charge >= 0.3 is 0 Å². The van der Waals surface area contributed by atoms with Crippen LogP contribution in [0.1, 0.15) is 10.5 Å². The predicted molar refractivity (Wildman–Crippen MR) is 69.6 cm³/mol. The fraction of sp³-hybridized carbons (Fsp3) is 0.143. The summed E-state index contributed by atoms with van der Waals surface area (Å²) in [6.07, 6.45) is 1.60. The first kappa shape index (κ1) is 12.1. The maximum Gasteiger partial charge on any atom is 0.270 e. The molecule has 1 heterocycles. The number of nitrogens with zero attached hydrogens (tertiary/aromatic N) is 1. The van der Waals surface area contributed by atoms with Gasteiger partial charge in [-0.05, 0) is 12.1 Å². The van der Waals surface area contributed by atoms with Crippen molar-refractivity contribution in [1.29, 1.82) is 0 Å². The molecule has 1 aromatic carbocycles. The van der Waals surface area contributed by atoms with Crippen LogP contribution in [0.25, 0.3) is 11.1 Å². The number of ether oxygens (including phenoxy) is 1. The third kappa shape index (κ3) is 2.18. The minimum Gasteiger partial charge on any atom is -0.496 e. The van der Waals surface area contributed by atoms with E-state index < -0.39 is 0 Å². The Bertz CT molecular complexity index is 567. The quantitative estimate of drug-likeness (QED) is 0.896. The lowest BCUT2D eigenvalue weighted by molar-refractivity contribution is 0.0959. The Kier molecular flexibility index (Phi) is 3.57. The first-order valence-electron chi connectivity index (χ1n) is 5.58. The van der Waals surface area contributed by atoms with Crippen molar-refractivity contribution in [1.82, 2.24) is 10.3 Å². The zero-order chi connectivity index (χ0) is 13.0. The summed E-state index contributed by atoms with van der Waals surface area (Å²) in [7, 11) is 3.19. The van der Waals surface area contributed by atoms with Gasteiger partial charge in [-0.2, -0.15) is 0 Å². The molecule has 0 fully saturated rings. The molecule has 18 heavy (non-hydrogen) atoms. The molecule has 0 aliphatic carbocycles. The number of hydrogen-bond donors (Lipinski definition) is 1. The van der Waals surface area contributed by atoms with Crippen molar-refractivity contribution in [3.8, 4) is 16.9 Å². The monoisotopic (exact) mass is 242 g/mol. The lowest BCUT2D eigenvalue weighted by Crippen LogP contribution is -2.20. The van der Waals surface area contributed by atoms with E-state index in [-0.39, 0.29) is 5.91 Å². The highest BCUT2D eigenvalue weighted by Crippen LogP contribution is 2.31. The molecular weight excluding hydrogens is 228 g/mol. The SMILES string of the molecule is CNC(=O)c1ncccc1-c1ccccc1OC. The largest absolute Gasteiger partial charge is 0.496 e. The first-order chi connectivity index (χ1) is 8.77. The van der Waals surface area contributed by atoms with Crippen molar-refractivity contribution >= 4 is 5.91 Å². The molecule has 0 aliphatic heterocycles. The van der Waals surface area contributed by atoms with Gasteiger partial charge in [0, 0.05) is 24.4 Å². The topological polar surface area (TPSA) is 51.2 Å².